The van der Waals surface area contributed by atoms with Gasteiger partial charge in [0.2, 0.25) is 0 Å². The minimum absolute atomic E-state index is 0.0406. The molecule has 0 aliphatic carbocycles. The maximum Gasteiger partial charge on any atom is 0.416 e. The zero-order valence-corrected chi connectivity index (χ0v) is 15.2. The van der Waals surface area contributed by atoms with Gasteiger partial charge in [-0.3, -0.25) is 4.79 Å². The summed E-state index contributed by atoms with van der Waals surface area (Å²) in [7, 11) is 0. The van der Waals surface area contributed by atoms with Gasteiger partial charge in [0, 0.05) is 18.7 Å². The molecule has 0 N–H and O–H groups in total. The third kappa shape index (κ3) is 5.22. The zero-order chi connectivity index (χ0) is 20.0. The van der Waals surface area contributed by atoms with Gasteiger partial charge in [-0.15, -0.1) is 0 Å². The van der Waals surface area contributed by atoms with E-state index in [1.165, 1.54) is 12.1 Å². The first kappa shape index (κ1) is 19.7. The second kappa shape index (κ2) is 8.74. The van der Waals surface area contributed by atoms with E-state index >= 15 is 0 Å². The van der Waals surface area contributed by atoms with Gasteiger partial charge in [0.15, 0.2) is 0 Å². The molecule has 2 nitrogen and oxygen atoms in total. The summed E-state index contributed by atoms with van der Waals surface area (Å²) in [4.78, 5) is 14.6. The van der Waals surface area contributed by atoms with Crippen molar-refractivity contribution in [2.75, 3.05) is 6.54 Å². The summed E-state index contributed by atoms with van der Waals surface area (Å²) in [6, 6.07) is 23.7. The molecule has 144 valence electrons. The predicted molar refractivity (Wildman–Crippen MR) is 103 cm³/mol. The van der Waals surface area contributed by atoms with Gasteiger partial charge in [0.05, 0.1) is 5.56 Å². The molecule has 0 aromatic heterocycles. The van der Waals surface area contributed by atoms with Crippen LogP contribution < -0.4 is 0 Å². The van der Waals surface area contributed by atoms with Crippen molar-refractivity contribution in [1.29, 1.82) is 0 Å². The molecular formula is C23H20F3NO. The first-order valence-electron chi connectivity index (χ1n) is 8.98. The Hall–Kier alpha value is -3.08. The van der Waals surface area contributed by atoms with Crippen LogP contribution in [0.1, 0.15) is 27.0 Å². The first-order chi connectivity index (χ1) is 13.4. The lowest BCUT2D eigenvalue weighted by atomic mass is 10.1. The van der Waals surface area contributed by atoms with Crippen LogP contribution in [0.2, 0.25) is 0 Å². The predicted octanol–water partition coefficient (Wildman–Crippen LogP) is 5.59. The molecule has 0 spiro atoms. The van der Waals surface area contributed by atoms with Gasteiger partial charge in [-0.25, -0.2) is 0 Å². The highest BCUT2D eigenvalue weighted by atomic mass is 19.4. The summed E-state index contributed by atoms with van der Waals surface area (Å²) in [5.74, 6) is -0.411. The number of alkyl halides is 3. The third-order valence-corrected chi connectivity index (χ3v) is 4.45. The molecule has 5 heteroatoms. The molecular weight excluding hydrogens is 363 g/mol. The Morgan fingerprint density at radius 1 is 0.786 bits per heavy atom. The number of rotatable bonds is 6. The van der Waals surface area contributed by atoms with Crippen LogP contribution in [-0.4, -0.2) is 17.4 Å². The number of nitrogens with zero attached hydrogens (tertiary/aromatic N) is 1. The molecule has 0 fully saturated rings. The number of hydrogen-bond donors (Lipinski definition) is 0. The lowest BCUT2D eigenvalue weighted by Crippen LogP contribution is -2.32. The number of hydrogen-bond acceptors (Lipinski definition) is 1. The van der Waals surface area contributed by atoms with E-state index in [-0.39, 0.29) is 5.56 Å². The van der Waals surface area contributed by atoms with Gasteiger partial charge in [0.1, 0.15) is 0 Å². The van der Waals surface area contributed by atoms with Gasteiger partial charge >= 0.3 is 6.18 Å². The lowest BCUT2D eigenvalue weighted by molar-refractivity contribution is -0.137. The van der Waals surface area contributed by atoms with Crippen molar-refractivity contribution >= 4 is 5.91 Å². The molecule has 28 heavy (non-hydrogen) atoms. The highest BCUT2D eigenvalue weighted by molar-refractivity contribution is 5.94. The van der Waals surface area contributed by atoms with E-state index in [1.807, 2.05) is 60.7 Å². The Kier molecular flexibility index (Phi) is 6.14. The molecule has 0 saturated carbocycles. The lowest BCUT2D eigenvalue weighted by Gasteiger charge is -2.23. The molecule has 1 amide bonds. The van der Waals surface area contributed by atoms with E-state index in [0.29, 0.717) is 19.5 Å². The van der Waals surface area contributed by atoms with Crippen molar-refractivity contribution < 1.29 is 18.0 Å². The van der Waals surface area contributed by atoms with Crippen LogP contribution >= 0.6 is 0 Å². The molecule has 0 atom stereocenters. The Bertz CT molecular complexity index is 908. The molecule has 0 aliphatic heterocycles. The Morgan fingerprint density at radius 3 is 2.00 bits per heavy atom. The second-order valence-corrected chi connectivity index (χ2v) is 6.53. The number of benzene rings is 3. The summed E-state index contributed by atoms with van der Waals surface area (Å²) in [5.41, 5.74) is 1.22. The maximum atomic E-state index is 13.0. The fourth-order valence-electron chi connectivity index (χ4n) is 2.98. The Morgan fingerprint density at radius 2 is 1.39 bits per heavy atom. The van der Waals surface area contributed by atoms with E-state index in [0.717, 1.165) is 23.3 Å². The van der Waals surface area contributed by atoms with Crippen LogP contribution in [0.15, 0.2) is 84.9 Å². The largest absolute Gasteiger partial charge is 0.416 e. The van der Waals surface area contributed by atoms with Crippen molar-refractivity contribution in [3.8, 4) is 0 Å². The summed E-state index contributed by atoms with van der Waals surface area (Å²) in [6.45, 7) is 0.747. The highest BCUT2D eigenvalue weighted by Gasteiger charge is 2.31. The standard InChI is InChI=1S/C23H20F3NO/c24-23(25,26)21-13-7-12-20(16-21)22(28)27(17-19-10-5-2-6-11-19)15-14-18-8-3-1-4-9-18/h1-13,16H,14-15,17H2. The number of carbonyl (C=O) groups is 1. The van der Waals surface area contributed by atoms with E-state index in [1.54, 1.807) is 4.90 Å². The van der Waals surface area contributed by atoms with Gasteiger partial charge < -0.3 is 4.90 Å². The quantitative estimate of drug-likeness (QED) is 0.543. The van der Waals surface area contributed by atoms with Crippen LogP contribution in [-0.2, 0) is 19.1 Å². The number of carbonyl (C=O) groups excluding carboxylic acids is 1. The molecule has 3 aromatic carbocycles. The fourth-order valence-corrected chi connectivity index (χ4v) is 2.98. The summed E-state index contributed by atoms with van der Waals surface area (Å²) >= 11 is 0. The molecule has 3 aromatic rings. The van der Waals surface area contributed by atoms with Gasteiger partial charge in [-0.1, -0.05) is 66.7 Å². The van der Waals surface area contributed by atoms with Crippen molar-refractivity contribution in [2.45, 2.75) is 19.1 Å². The summed E-state index contributed by atoms with van der Waals surface area (Å²) in [5, 5.41) is 0. The smallest absolute Gasteiger partial charge is 0.334 e. The van der Waals surface area contributed by atoms with Crippen molar-refractivity contribution in [3.63, 3.8) is 0 Å². The molecule has 0 unspecified atom stereocenters. The Labute approximate surface area is 162 Å². The zero-order valence-electron chi connectivity index (χ0n) is 15.2. The van der Waals surface area contributed by atoms with Crippen molar-refractivity contribution in [2.24, 2.45) is 0 Å². The van der Waals surface area contributed by atoms with Crippen LogP contribution in [0, 0.1) is 0 Å². The Balaban J connectivity index is 1.83. The third-order valence-electron chi connectivity index (χ3n) is 4.45. The van der Waals surface area contributed by atoms with Gasteiger partial charge in [-0.2, -0.15) is 13.2 Å². The number of halogens is 3. The highest BCUT2D eigenvalue weighted by Crippen LogP contribution is 2.29. The van der Waals surface area contributed by atoms with Crippen LogP contribution in [0.4, 0.5) is 13.2 Å². The van der Waals surface area contributed by atoms with Gasteiger partial charge in [-0.05, 0) is 35.7 Å². The van der Waals surface area contributed by atoms with E-state index in [9.17, 15) is 18.0 Å². The van der Waals surface area contributed by atoms with Crippen molar-refractivity contribution in [3.05, 3.63) is 107 Å². The SMILES string of the molecule is O=C(c1cccc(C(F)(F)F)c1)N(CCc1ccccc1)Cc1ccccc1. The molecule has 0 bridgehead atoms. The van der Waals surface area contributed by atoms with Crippen LogP contribution in [0.3, 0.4) is 0 Å². The average molecular weight is 383 g/mol. The fraction of sp³-hybridized carbons (Fsp3) is 0.174. The van der Waals surface area contributed by atoms with Crippen LogP contribution in [0.5, 0.6) is 0 Å². The van der Waals surface area contributed by atoms with Crippen molar-refractivity contribution in [1.82, 2.24) is 4.90 Å². The van der Waals surface area contributed by atoms with E-state index in [2.05, 4.69) is 0 Å². The first-order valence-corrected chi connectivity index (χ1v) is 8.98. The number of amides is 1. The molecule has 0 heterocycles. The average Bonchev–Trinajstić information content (AvgIpc) is 2.71. The molecule has 0 saturated heterocycles. The minimum atomic E-state index is -4.48. The molecule has 0 aliphatic rings. The second-order valence-electron chi connectivity index (χ2n) is 6.53. The van der Waals surface area contributed by atoms with E-state index in [4.69, 9.17) is 0 Å². The normalized spacial score (nSPS) is 11.2. The summed E-state index contributed by atoms with van der Waals surface area (Å²) in [6.07, 6.45) is -3.86. The monoisotopic (exact) mass is 383 g/mol. The van der Waals surface area contributed by atoms with Gasteiger partial charge in [0.25, 0.3) is 5.91 Å². The van der Waals surface area contributed by atoms with E-state index < -0.39 is 17.6 Å². The topological polar surface area (TPSA) is 20.3 Å². The molecule has 0 radical (unpaired) electrons. The molecule has 3 rings (SSSR count). The minimum Gasteiger partial charge on any atom is -0.334 e. The van der Waals surface area contributed by atoms with Crippen LogP contribution in [0.25, 0.3) is 0 Å². The summed E-state index contributed by atoms with van der Waals surface area (Å²) < 4.78 is 39.1. The maximum absolute atomic E-state index is 13.0.